The minimum absolute atomic E-state index is 0.111. The summed E-state index contributed by atoms with van der Waals surface area (Å²) >= 11 is 2.85. The first-order chi connectivity index (χ1) is 13.7. The molecule has 0 radical (unpaired) electrons. The number of para-hydroxylation sites is 1. The average molecular weight is 411 g/mol. The van der Waals surface area contributed by atoms with Gasteiger partial charge in [0.1, 0.15) is 0 Å². The third-order valence-electron chi connectivity index (χ3n) is 4.15. The highest BCUT2D eigenvalue weighted by molar-refractivity contribution is 8.00. The van der Waals surface area contributed by atoms with Gasteiger partial charge in [0.2, 0.25) is 5.91 Å². The van der Waals surface area contributed by atoms with Crippen LogP contribution in [0.1, 0.15) is 13.8 Å². The highest BCUT2D eigenvalue weighted by Crippen LogP contribution is 2.29. The Kier molecular flexibility index (Phi) is 5.36. The van der Waals surface area contributed by atoms with E-state index < -0.39 is 0 Å². The smallest absolute Gasteiger partial charge is 0.239 e. The molecule has 9 heteroatoms. The third-order valence-corrected chi connectivity index (χ3v) is 6.18. The maximum absolute atomic E-state index is 12.6. The van der Waals surface area contributed by atoms with Crippen molar-refractivity contribution in [1.29, 1.82) is 0 Å². The van der Waals surface area contributed by atoms with E-state index >= 15 is 0 Å². The summed E-state index contributed by atoms with van der Waals surface area (Å²) in [5.41, 5.74) is 1.83. The predicted octanol–water partition coefficient (Wildman–Crippen LogP) is 4.09. The number of carbonyl (C=O) groups excluding carboxylic acids is 1. The minimum atomic E-state index is -0.341. The van der Waals surface area contributed by atoms with Crippen LogP contribution >= 0.6 is 23.1 Å². The number of nitrogens with one attached hydrogen (secondary N) is 1. The zero-order valence-electron chi connectivity index (χ0n) is 15.4. The summed E-state index contributed by atoms with van der Waals surface area (Å²) in [7, 11) is 0. The molecule has 0 spiro atoms. The number of anilines is 1. The highest BCUT2D eigenvalue weighted by Gasteiger charge is 2.21. The van der Waals surface area contributed by atoms with Crippen LogP contribution in [-0.2, 0) is 11.3 Å². The van der Waals surface area contributed by atoms with Crippen molar-refractivity contribution in [1.82, 2.24) is 24.7 Å². The molecule has 1 N–H and O–H groups in total. The average Bonchev–Trinajstić information content (AvgIpc) is 3.31. The molecule has 0 aliphatic heterocycles. The minimum Gasteiger partial charge on any atom is -0.302 e. The third kappa shape index (κ3) is 3.76. The molecule has 0 bridgehead atoms. The number of pyridine rings is 1. The Morgan fingerprint density at radius 3 is 2.75 bits per heavy atom. The number of thioether (sulfide) groups is 1. The monoisotopic (exact) mass is 410 g/mol. The summed E-state index contributed by atoms with van der Waals surface area (Å²) in [5, 5.41) is 12.5. The number of amides is 1. The van der Waals surface area contributed by atoms with Gasteiger partial charge in [0.25, 0.3) is 0 Å². The molecule has 0 fully saturated rings. The zero-order chi connectivity index (χ0) is 19.5. The van der Waals surface area contributed by atoms with Crippen LogP contribution in [0.15, 0.2) is 53.9 Å². The lowest BCUT2D eigenvalue weighted by atomic mass is 10.2. The van der Waals surface area contributed by atoms with Gasteiger partial charge in [-0.05, 0) is 38.1 Å². The molecule has 7 nitrogen and oxygen atoms in total. The number of carbonyl (C=O) groups is 1. The molecule has 0 aliphatic rings. The van der Waals surface area contributed by atoms with E-state index in [1.807, 2.05) is 54.8 Å². The normalized spacial score (nSPS) is 12.2. The Morgan fingerprint density at radius 2 is 2.00 bits per heavy atom. The van der Waals surface area contributed by atoms with E-state index in [4.69, 9.17) is 0 Å². The summed E-state index contributed by atoms with van der Waals surface area (Å²) in [6.45, 7) is 4.59. The molecule has 0 aliphatic carbocycles. The van der Waals surface area contributed by atoms with Crippen LogP contribution in [0.5, 0.6) is 0 Å². The van der Waals surface area contributed by atoms with Crippen molar-refractivity contribution in [3.63, 3.8) is 0 Å². The lowest BCUT2D eigenvalue weighted by Gasteiger charge is -2.11. The molecule has 0 unspecified atom stereocenters. The van der Waals surface area contributed by atoms with Crippen molar-refractivity contribution in [3.05, 3.63) is 48.8 Å². The number of hydrogen-bond acceptors (Lipinski definition) is 7. The first kappa shape index (κ1) is 18.6. The molecule has 142 valence electrons. The standard InChI is InChI=1S/C19H18N6OS2/c1-3-25-16(13-8-10-20-11-9-13)23-24-19(25)27-12(2)17(26)22-18-21-14-6-4-5-7-15(14)28-18/h4-12H,3H2,1-2H3,(H,21,22,26)/t12-/m0/s1. The molecule has 3 heterocycles. The van der Waals surface area contributed by atoms with Crippen molar-refractivity contribution in [3.8, 4) is 11.4 Å². The zero-order valence-corrected chi connectivity index (χ0v) is 17.0. The van der Waals surface area contributed by atoms with Crippen molar-refractivity contribution in [2.45, 2.75) is 30.8 Å². The lowest BCUT2D eigenvalue weighted by Crippen LogP contribution is -2.22. The largest absolute Gasteiger partial charge is 0.302 e. The van der Waals surface area contributed by atoms with Gasteiger partial charge in [-0.1, -0.05) is 35.2 Å². The van der Waals surface area contributed by atoms with Crippen LogP contribution < -0.4 is 5.32 Å². The molecular weight excluding hydrogens is 392 g/mol. The second kappa shape index (κ2) is 8.07. The van der Waals surface area contributed by atoms with Gasteiger partial charge in [0.15, 0.2) is 16.1 Å². The van der Waals surface area contributed by atoms with Crippen LogP contribution in [0.4, 0.5) is 5.13 Å². The number of fused-ring (bicyclic) bond motifs is 1. The second-order valence-corrected chi connectivity index (χ2v) is 8.36. The van der Waals surface area contributed by atoms with E-state index in [2.05, 4.69) is 25.5 Å². The van der Waals surface area contributed by atoms with Crippen molar-refractivity contribution in [2.24, 2.45) is 0 Å². The molecule has 4 aromatic rings. The Hall–Kier alpha value is -2.78. The van der Waals surface area contributed by atoms with Crippen molar-refractivity contribution >= 4 is 44.4 Å². The fourth-order valence-electron chi connectivity index (χ4n) is 2.72. The summed E-state index contributed by atoms with van der Waals surface area (Å²) in [6, 6.07) is 11.6. The van der Waals surface area contributed by atoms with Gasteiger partial charge in [-0.2, -0.15) is 0 Å². The van der Waals surface area contributed by atoms with Crippen LogP contribution in [-0.4, -0.2) is 35.9 Å². The molecular formula is C19H18N6OS2. The van der Waals surface area contributed by atoms with E-state index in [9.17, 15) is 4.79 Å². The fourth-order valence-corrected chi connectivity index (χ4v) is 4.50. The molecule has 0 saturated carbocycles. The van der Waals surface area contributed by atoms with E-state index in [0.29, 0.717) is 16.8 Å². The molecule has 1 amide bonds. The number of thiazole rings is 1. The van der Waals surface area contributed by atoms with Gasteiger partial charge in [0.05, 0.1) is 15.5 Å². The molecule has 28 heavy (non-hydrogen) atoms. The molecule has 0 saturated heterocycles. The topological polar surface area (TPSA) is 85.6 Å². The van der Waals surface area contributed by atoms with Gasteiger partial charge in [-0.15, -0.1) is 10.2 Å². The number of benzene rings is 1. The number of nitrogens with zero attached hydrogens (tertiary/aromatic N) is 5. The van der Waals surface area contributed by atoms with Crippen molar-refractivity contribution in [2.75, 3.05) is 5.32 Å². The quantitative estimate of drug-likeness (QED) is 0.482. The molecule has 4 rings (SSSR count). The van der Waals surface area contributed by atoms with Gasteiger partial charge in [0, 0.05) is 24.5 Å². The number of hydrogen-bond donors (Lipinski definition) is 1. The van der Waals surface area contributed by atoms with Gasteiger partial charge >= 0.3 is 0 Å². The Bertz CT molecular complexity index is 1080. The van der Waals surface area contributed by atoms with Crippen LogP contribution in [0.2, 0.25) is 0 Å². The summed E-state index contributed by atoms with van der Waals surface area (Å²) < 4.78 is 3.05. The Balaban J connectivity index is 1.49. The first-order valence-electron chi connectivity index (χ1n) is 8.82. The highest BCUT2D eigenvalue weighted by atomic mass is 32.2. The second-order valence-electron chi connectivity index (χ2n) is 6.02. The van der Waals surface area contributed by atoms with Gasteiger partial charge in [-0.3, -0.25) is 9.78 Å². The maximum Gasteiger partial charge on any atom is 0.239 e. The van der Waals surface area contributed by atoms with Crippen molar-refractivity contribution < 1.29 is 4.79 Å². The SMILES string of the molecule is CCn1c(S[C@@H](C)C(=O)Nc2nc3ccccc3s2)nnc1-c1ccncc1. The first-order valence-corrected chi connectivity index (χ1v) is 10.5. The molecule has 1 atom stereocenters. The number of rotatable bonds is 6. The Morgan fingerprint density at radius 1 is 1.21 bits per heavy atom. The Labute approximate surface area is 170 Å². The number of aromatic nitrogens is 5. The molecule has 3 aromatic heterocycles. The van der Waals surface area contributed by atoms with E-state index in [0.717, 1.165) is 21.6 Å². The van der Waals surface area contributed by atoms with Crippen LogP contribution in [0.3, 0.4) is 0 Å². The summed E-state index contributed by atoms with van der Waals surface area (Å²) in [6.07, 6.45) is 3.45. The van der Waals surface area contributed by atoms with Crippen LogP contribution in [0, 0.1) is 0 Å². The van der Waals surface area contributed by atoms with Gasteiger partial charge in [-0.25, -0.2) is 4.98 Å². The van der Waals surface area contributed by atoms with E-state index in [1.54, 1.807) is 12.4 Å². The molecule has 1 aromatic carbocycles. The summed E-state index contributed by atoms with van der Waals surface area (Å²) in [4.78, 5) is 21.1. The summed E-state index contributed by atoms with van der Waals surface area (Å²) in [5.74, 6) is 0.659. The van der Waals surface area contributed by atoms with E-state index in [1.165, 1.54) is 23.1 Å². The fraction of sp³-hybridized carbons (Fsp3) is 0.211. The maximum atomic E-state index is 12.6. The predicted molar refractivity (Wildman–Crippen MR) is 112 cm³/mol. The van der Waals surface area contributed by atoms with Gasteiger partial charge < -0.3 is 9.88 Å². The van der Waals surface area contributed by atoms with E-state index in [-0.39, 0.29) is 11.2 Å². The van der Waals surface area contributed by atoms with Crippen LogP contribution in [0.25, 0.3) is 21.6 Å². The lowest BCUT2D eigenvalue weighted by molar-refractivity contribution is -0.115.